The number of carbonyl (C=O) groups excluding carboxylic acids is 1. The molecule has 0 fully saturated rings. The highest BCUT2D eigenvalue weighted by Crippen LogP contribution is 2.29. The number of halogens is 3. The van der Waals surface area contributed by atoms with Crippen LogP contribution in [0.4, 0.5) is 13.2 Å². The van der Waals surface area contributed by atoms with Crippen LogP contribution in [0.25, 0.3) is 0 Å². The summed E-state index contributed by atoms with van der Waals surface area (Å²) in [7, 11) is 0. The van der Waals surface area contributed by atoms with Gasteiger partial charge in [0.25, 0.3) is 5.91 Å². The molecule has 166 valence electrons. The Kier molecular flexibility index (Phi) is 12.7. The number of unbranched alkanes of at least 4 members (excludes halogenated alkanes) is 10. The summed E-state index contributed by atoms with van der Waals surface area (Å²) in [4.78, 5) is 14.7. The second-order valence-corrected chi connectivity index (χ2v) is 7.91. The zero-order valence-corrected chi connectivity index (χ0v) is 18.2. The maximum Gasteiger partial charge on any atom is 0.416 e. The van der Waals surface area contributed by atoms with Crippen molar-refractivity contribution in [3.05, 3.63) is 35.4 Å². The number of alkyl halides is 3. The van der Waals surface area contributed by atoms with Crippen molar-refractivity contribution in [1.29, 1.82) is 0 Å². The zero-order valence-electron chi connectivity index (χ0n) is 18.2. The molecule has 5 heteroatoms. The van der Waals surface area contributed by atoms with Crippen LogP contribution >= 0.6 is 0 Å². The SMILES string of the molecule is CCCCCCCCN(CCCCCCCC)C(=O)c1cccc(C(F)(F)F)c1. The first kappa shape index (κ1) is 25.5. The molecule has 1 rings (SSSR count). The van der Waals surface area contributed by atoms with Gasteiger partial charge < -0.3 is 4.90 Å². The molecule has 1 aromatic carbocycles. The summed E-state index contributed by atoms with van der Waals surface area (Å²) < 4.78 is 39.0. The molecule has 0 aromatic heterocycles. The molecule has 0 unspecified atom stereocenters. The third kappa shape index (κ3) is 10.7. The summed E-state index contributed by atoms with van der Waals surface area (Å²) in [5.41, 5.74) is -0.626. The highest BCUT2D eigenvalue weighted by Gasteiger charge is 2.31. The van der Waals surface area contributed by atoms with E-state index in [4.69, 9.17) is 0 Å². The van der Waals surface area contributed by atoms with Crippen molar-refractivity contribution < 1.29 is 18.0 Å². The molecular formula is C24H38F3NO. The second-order valence-electron chi connectivity index (χ2n) is 7.91. The van der Waals surface area contributed by atoms with E-state index >= 15 is 0 Å². The summed E-state index contributed by atoms with van der Waals surface area (Å²) in [5, 5.41) is 0. The number of hydrogen-bond acceptors (Lipinski definition) is 1. The van der Waals surface area contributed by atoms with Crippen molar-refractivity contribution in [1.82, 2.24) is 4.90 Å². The molecule has 0 spiro atoms. The van der Waals surface area contributed by atoms with Crippen LogP contribution in [0.3, 0.4) is 0 Å². The minimum atomic E-state index is -4.43. The number of benzene rings is 1. The summed E-state index contributed by atoms with van der Waals surface area (Å²) in [5.74, 6) is -0.279. The third-order valence-corrected chi connectivity index (χ3v) is 5.29. The quantitative estimate of drug-likeness (QED) is 0.268. The van der Waals surface area contributed by atoms with Gasteiger partial charge in [-0.05, 0) is 31.0 Å². The molecule has 29 heavy (non-hydrogen) atoms. The standard InChI is InChI=1S/C24H38F3NO/c1-3-5-7-9-11-13-18-28(19-14-12-10-8-6-4-2)23(29)21-16-15-17-22(20-21)24(25,26)27/h15-17,20H,3-14,18-19H2,1-2H3. The van der Waals surface area contributed by atoms with Gasteiger partial charge in [0.2, 0.25) is 0 Å². The molecule has 1 aromatic rings. The Morgan fingerprint density at radius 1 is 0.793 bits per heavy atom. The van der Waals surface area contributed by atoms with Crippen molar-refractivity contribution >= 4 is 5.91 Å². The van der Waals surface area contributed by atoms with E-state index in [-0.39, 0.29) is 11.5 Å². The number of nitrogens with zero attached hydrogens (tertiary/aromatic N) is 1. The Balaban J connectivity index is 2.66. The Bertz CT molecular complexity index is 555. The maximum absolute atomic E-state index is 13.0. The first-order valence-corrected chi connectivity index (χ1v) is 11.4. The fourth-order valence-electron chi connectivity index (χ4n) is 3.49. The van der Waals surface area contributed by atoms with Gasteiger partial charge in [0.1, 0.15) is 0 Å². The van der Waals surface area contributed by atoms with E-state index in [1.807, 2.05) is 0 Å². The van der Waals surface area contributed by atoms with Crippen LogP contribution in [0.15, 0.2) is 24.3 Å². The molecule has 0 aliphatic heterocycles. The lowest BCUT2D eigenvalue weighted by Crippen LogP contribution is -2.33. The number of hydrogen-bond donors (Lipinski definition) is 0. The fraction of sp³-hybridized carbons (Fsp3) is 0.708. The van der Waals surface area contributed by atoms with Gasteiger partial charge in [-0.1, -0.05) is 84.1 Å². The molecule has 0 heterocycles. The molecule has 0 radical (unpaired) electrons. The van der Waals surface area contributed by atoms with Crippen LogP contribution in [-0.4, -0.2) is 23.9 Å². The minimum Gasteiger partial charge on any atom is -0.339 e. The monoisotopic (exact) mass is 413 g/mol. The normalized spacial score (nSPS) is 11.6. The third-order valence-electron chi connectivity index (χ3n) is 5.29. The molecule has 1 amide bonds. The molecule has 0 bridgehead atoms. The number of amides is 1. The van der Waals surface area contributed by atoms with Gasteiger partial charge >= 0.3 is 6.18 Å². The molecule has 0 N–H and O–H groups in total. The Labute approximate surface area is 174 Å². The number of rotatable bonds is 15. The summed E-state index contributed by atoms with van der Waals surface area (Å²) in [6.07, 6.45) is 9.05. The lowest BCUT2D eigenvalue weighted by atomic mass is 10.1. The summed E-state index contributed by atoms with van der Waals surface area (Å²) >= 11 is 0. The Hall–Kier alpha value is -1.52. The average Bonchev–Trinajstić information content (AvgIpc) is 2.70. The van der Waals surface area contributed by atoms with E-state index < -0.39 is 11.7 Å². The smallest absolute Gasteiger partial charge is 0.339 e. The topological polar surface area (TPSA) is 20.3 Å². The maximum atomic E-state index is 13.0. The van der Waals surface area contributed by atoms with Gasteiger partial charge in [-0.2, -0.15) is 13.2 Å². The van der Waals surface area contributed by atoms with E-state index in [0.29, 0.717) is 13.1 Å². The van der Waals surface area contributed by atoms with Crippen LogP contribution in [0.5, 0.6) is 0 Å². The predicted molar refractivity (Wildman–Crippen MR) is 114 cm³/mol. The van der Waals surface area contributed by atoms with Gasteiger partial charge in [-0.25, -0.2) is 0 Å². The van der Waals surface area contributed by atoms with E-state index in [2.05, 4.69) is 13.8 Å². The van der Waals surface area contributed by atoms with Gasteiger partial charge in [-0.15, -0.1) is 0 Å². The van der Waals surface area contributed by atoms with Gasteiger partial charge in [0.05, 0.1) is 5.56 Å². The molecule has 0 saturated heterocycles. The minimum absolute atomic E-state index is 0.136. The largest absolute Gasteiger partial charge is 0.416 e. The lowest BCUT2D eigenvalue weighted by Gasteiger charge is -2.23. The molecular weight excluding hydrogens is 375 g/mol. The molecule has 0 saturated carbocycles. The van der Waals surface area contributed by atoms with Crippen LogP contribution in [0.2, 0.25) is 0 Å². The zero-order chi connectivity index (χ0) is 21.5. The van der Waals surface area contributed by atoms with Crippen LogP contribution in [0.1, 0.15) is 107 Å². The van der Waals surface area contributed by atoms with Crippen molar-refractivity contribution in [2.75, 3.05) is 13.1 Å². The molecule has 2 nitrogen and oxygen atoms in total. The van der Waals surface area contributed by atoms with E-state index in [0.717, 1.165) is 50.7 Å². The predicted octanol–water partition coefficient (Wildman–Crippen LogP) is 7.87. The highest BCUT2D eigenvalue weighted by atomic mass is 19.4. The second kappa shape index (κ2) is 14.5. The van der Waals surface area contributed by atoms with Gasteiger partial charge in [0, 0.05) is 18.7 Å². The molecule has 0 aliphatic carbocycles. The van der Waals surface area contributed by atoms with Crippen molar-refractivity contribution in [2.45, 2.75) is 97.1 Å². The van der Waals surface area contributed by atoms with E-state index in [1.165, 1.54) is 50.7 Å². The Morgan fingerprint density at radius 2 is 1.28 bits per heavy atom. The summed E-state index contributed by atoms with van der Waals surface area (Å²) in [6, 6.07) is 4.82. The number of carbonyl (C=O) groups is 1. The van der Waals surface area contributed by atoms with Gasteiger partial charge in [-0.3, -0.25) is 4.79 Å². The van der Waals surface area contributed by atoms with Crippen LogP contribution in [-0.2, 0) is 6.18 Å². The summed E-state index contributed by atoms with van der Waals surface area (Å²) in [6.45, 7) is 5.60. The van der Waals surface area contributed by atoms with Crippen molar-refractivity contribution in [3.8, 4) is 0 Å². The Morgan fingerprint density at radius 3 is 1.76 bits per heavy atom. The first-order valence-electron chi connectivity index (χ1n) is 11.4. The average molecular weight is 414 g/mol. The molecule has 0 atom stereocenters. The van der Waals surface area contributed by atoms with Crippen molar-refractivity contribution in [3.63, 3.8) is 0 Å². The lowest BCUT2D eigenvalue weighted by molar-refractivity contribution is -0.137. The van der Waals surface area contributed by atoms with Gasteiger partial charge in [0.15, 0.2) is 0 Å². The highest BCUT2D eigenvalue weighted by molar-refractivity contribution is 5.94. The van der Waals surface area contributed by atoms with Crippen molar-refractivity contribution in [2.24, 2.45) is 0 Å². The first-order chi connectivity index (χ1) is 13.9. The molecule has 0 aliphatic rings. The van der Waals surface area contributed by atoms with Crippen LogP contribution in [0, 0.1) is 0 Å². The van der Waals surface area contributed by atoms with Crippen LogP contribution < -0.4 is 0 Å². The van der Waals surface area contributed by atoms with E-state index in [1.54, 1.807) is 4.90 Å². The van der Waals surface area contributed by atoms with E-state index in [9.17, 15) is 18.0 Å². The fourth-order valence-corrected chi connectivity index (χ4v) is 3.49.